The van der Waals surface area contributed by atoms with Crippen molar-refractivity contribution in [1.82, 2.24) is 4.57 Å². The Morgan fingerprint density at radius 2 is 2.08 bits per heavy atom. The Hall–Kier alpha value is -3.26. The van der Waals surface area contributed by atoms with Crippen LogP contribution in [0.1, 0.15) is 10.4 Å². The van der Waals surface area contributed by atoms with Crippen LogP contribution in [0.15, 0.2) is 60.1 Å². The van der Waals surface area contributed by atoms with E-state index in [9.17, 15) is 14.9 Å². The van der Waals surface area contributed by atoms with Crippen LogP contribution in [0.2, 0.25) is 0 Å². The second-order valence-electron chi connectivity index (χ2n) is 5.31. The lowest BCUT2D eigenvalue weighted by atomic mass is 10.2. The standard InChI is InChI=1S/C18H15N3O4S/c1-3-11-20-16-14(25-2)5-4-6-15(16)26-18(20)19-17(22)12-7-9-13(10-8-12)21(23)24/h3-10H,1,11H2,2H3. The zero-order valence-corrected chi connectivity index (χ0v) is 14.7. The highest BCUT2D eigenvalue weighted by atomic mass is 32.1. The summed E-state index contributed by atoms with van der Waals surface area (Å²) in [7, 11) is 1.59. The minimum atomic E-state index is -0.512. The second kappa shape index (κ2) is 7.32. The van der Waals surface area contributed by atoms with Crippen LogP contribution in [0.25, 0.3) is 10.2 Å². The van der Waals surface area contributed by atoms with Gasteiger partial charge in [0.2, 0.25) is 0 Å². The van der Waals surface area contributed by atoms with Crippen molar-refractivity contribution in [2.45, 2.75) is 6.54 Å². The van der Waals surface area contributed by atoms with Gasteiger partial charge in [0.1, 0.15) is 11.3 Å². The van der Waals surface area contributed by atoms with Gasteiger partial charge in [-0.15, -0.1) is 6.58 Å². The van der Waals surface area contributed by atoms with E-state index in [1.807, 2.05) is 22.8 Å². The third-order valence-corrected chi connectivity index (χ3v) is 4.76. The number of thiazole rings is 1. The lowest BCUT2D eigenvalue weighted by molar-refractivity contribution is -0.384. The summed E-state index contributed by atoms with van der Waals surface area (Å²) in [5, 5.41) is 10.7. The van der Waals surface area contributed by atoms with Gasteiger partial charge >= 0.3 is 0 Å². The summed E-state index contributed by atoms with van der Waals surface area (Å²) in [6.07, 6.45) is 1.72. The lowest BCUT2D eigenvalue weighted by Crippen LogP contribution is -2.16. The van der Waals surface area contributed by atoms with Crippen LogP contribution >= 0.6 is 11.3 Å². The van der Waals surface area contributed by atoms with Gasteiger partial charge in [0, 0.05) is 24.2 Å². The average Bonchev–Trinajstić information content (AvgIpc) is 2.99. The number of amides is 1. The fourth-order valence-electron chi connectivity index (χ4n) is 2.52. The predicted molar refractivity (Wildman–Crippen MR) is 99.6 cm³/mol. The Bertz CT molecular complexity index is 1060. The van der Waals surface area contributed by atoms with E-state index in [2.05, 4.69) is 11.6 Å². The van der Waals surface area contributed by atoms with E-state index in [1.165, 1.54) is 35.6 Å². The van der Waals surface area contributed by atoms with Gasteiger partial charge in [0.15, 0.2) is 4.80 Å². The van der Waals surface area contributed by atoms with Crippen molar-refractivity contribution >= 4 is 33.1 Å². The van der Waals surface area contributed by atoms with E-state index < -0.39 is 10.8 Å². The average molecular weight is 369 g/mol. The first-order chi connectivity index (χ1) is 12.5. The van der Waals surface area contributed by atoms with Gasteiger partial charge < -0.3 is 9.30 Å². The number of allylic oxidation sites excluding steroid dienone is 1. The number of nitrogens with zero attached hydrogens (tertiary/aromatic N) is 3. The van der Waals surface area contributed by atoms with Gasteiger partial charge in [-0.2, -0.15) is 4.99 Å². The summed E-state index contributed by atoms with van der Waals surface area (Å²) in [6, 6.07) is 11.0. The van der Waals surface area contributed by atoms with Gasteiger partial charge in [-0.1, -0.05) is 23.5 Å². The first-order valence-electron chi connectivity index (χ1n) is 7.66. The number of rotatable bonds is 5. The number of para-hydroxylation sites is 1. The molecular weight excluding hydrogens is 354 g/mol. The molecule has 0 N–H and O–H groups in total. The van der Waals surface area contributed by atoms with Crippen molar-refractivity contribution in [2.24, 2.45) is 4.99 Å². The number of hydrogen-bond acceptors (Lipinski definition) is 5. The predicted octanol–water partition coefficient (Wildman–Crippen LogP) is 3.55. The number of nitro benzene ring substituents is 1. The highest BCUT2D eigenvalue weighted by Gasteiger charge is 2.13. The molecule has 8 heteroatoms. The molecule has 26 heavy (non-hydrogen) atoms. The molecule has 0 aliphatic rings. The summed E-state index contributed by atoms with van der Waals surface area (Å²) >= 11 is 1.36. The quantitative estimate of drug-likeness (QED) is 0.391. The van der Waals surface area contributed by atoms with Crippen molar-refractivity contribution < 1.29 is 14.5 Å². The number of fused-ring (bicyclic) bond motifs is 1. The number of methoxy groups -OCH3 is 1. The smallest absolute Gasteiger partial charge is 0.279 e. The molecular formula is C18H15N3O4S. The molecule has 1 aromatic heterocycles. The van der Waals surface area contributed by atoms with Crippen LogP contribution < -0.4 is 9.54 Å². The van der Waals surface area contributed by atoms with Gasteiger partial charge in [0.25, 0.3) is 11.6 Å². The highest BCUT2D eigenvalue weighted by Crippen LogP contribution is 2.27. The maximum Gasteiger partial charge on any atom is 0.279 e. The number of nitro groups is 1. The third-order valence-electron chi connectivity index (χ3n) is 3.72. The van der Waals surface area contributed by atoms with Crippen LogP contribution in [-0.4, -0.2) is 22.5 Å². The van der Waals surface area contributed by atoms with Crippen molar-refractivity contribution in [3.63, 3.8) is 0 Å². The van der Waals surface area contributed by atoms with Gasteiger partial charge in [-0.25, -0.2) is 0 Å². The monoisotopic (exact) mass is 369 g/mol. The van der Waals surface area contributed by atoms with E-state index in [0.29, 0.717) is 17.1 Å². The van der Waals surface area contributed by atoms with Crippen LogP contribution in [0.3, 0.4) is 0 Å². The lowest BCUT2D eigenvalue weighted by Gasteiger charge is -2.06. The van der Waals surface area contributed by atoms with Gasteiger partial charge in [-0.05, 0) is 24.3 Å². The van der Waals surface area contributed by atoms with E-state index in [0.717, 1.165) is 10.2 Å². The summed E-state index contributed by atoms with van der Waals surface area (Å²) in [5.41, 5.74) is 1.05. The van der Waals surface area contributed by atoms with E-state index in [4.69, 9.17) is 4.74 Å². The summed E-state index contributed by atoms with van der Waals surface area (Å²) in [5.74, 6) is 0.216. The largest absolute Gasteiger partial charge is 0.495 e. The number of non-ortho nitro benzene ring substituents is 1. The van der Waals surface area contributed by atoms with Gasteiger partial charge in [0.05, 0.1) is 16.7 Å². The van der Waals surface area contributed by atoms with E-state index in [1.54, 1.807) is 13.2 Å². The van der Waals surface area contributed by atoms with Crippen LogP contribution in [0.4, 0.5) is 5.69 Å². The summed E-state index contributed by atoms with van der Waals surface area (Å²) < 4.78 is 8.20. The molecule has 3 aromatic rings. The zero-order valence-electron chi connectivity index (χ0n) is 13.9. The molecule has 0 bridgehead atoms. The van der Waals surface area contributed by atoms with E-state index in [-0.39, 0.29) is 11.3 Å². The van der Waals surface area contributed by atoms with Gasteiger partial charge in [-0.3, -0.25) is 14.9 Å². The van der Waals surface area contributed by atoms with Crippen molar-refractivity contribution in [3.8, 4) is 5.75 Å². The molecule has 0 saturated carbocycles. The molecule has 7 nitrogen and oxygen atoms in total. The Balaban J connectivity index is 2.11. The molecule has 0 saturated heterocycles. The molecule has 0 fully saturated rings. The molecule has 2 aromatic carbocycles. The minimum Gasteiger partial charge on any atom is -0.495 e. The first kappa shape index (κ1) is 17.6. The fourth-order valence-corrected chi connectivity index (χ4v) is 3.58. The third kappa shape index (κ3) is 3.27. The number of aromatic nitrogens is 1. The van der Waals surface area contributed by atoms with Crippen LogP contribution in [0, 0.1) is 10.1 Å². The molecule has 0 aliphatic carbocycles. The number of carbonyl (C=O) groups is 1. The van der Waals surface area contributed by atoms with Crippen LogP contribution in [-0.2, 0) is 6.54 Å². The molecule has 1 amide bonds. The first-order valence-corrected chi connectivity index (χ1v) is 8.47. The van der Waals surface area contributed by atoms with E-state index >= 15 is 0 Å². The number of carbonyl (C=O) groups excluding carboxylic acids is 1. The molecule has 0 radical (unpaired) electrons. The second-order valence-corrected chi connectivity index (χ2v) is 6.32. The topological polar surface area (TPSA) is 86.7 Å². The molecule has 0 aliphatic heterocycles. The van der Waals surface area contributed by atoms with Crippen molar-refractivity contribution in [3.05, 3.63) is 75.6 Å². The molecule has 0 atom stereocenters. The zero-order chi connectivity index (χ0) is 18.7. The Morgan fingerprint density at radius 1 is 1.35 bits per heavy atom. The van der Waals surface area contributed by atoms with Crippen LogP contribution in [0.5, 0.6) is 5.75 Å². The number of benzene rings is 2. The normalized spacial score (nSPS) is 11.5. The maximum absolute atomic E-state index is 12.5. The maximum atomic E-state index is 12.5. The molecule has 1 heterocycles. The molecule has 3 rings (SSSR count). The molecule has 132 valence electrons. The Labute approximate surface area is 152 Å². The SMILES string of the molecule is C=CCn1c(=NC(=O)c2ccc([N+](=O)[O-])cc2)sc2cccc(OC)c21. The van der Waals surface area contributed by atoms with Crippen molar-refractivity contribution in [1.29, 1.82) is 0 Å². The minimum absolute atomic E-state index is 0.0742. The Morgan fingerprint density at radius 3 is 2.69 bits per heavy atom. The number of hydrogen-bond donors (Lipinski definition) is 0. The summed E-state index contributed by atoms with van der Waals surface area (Å²) in [4.78, 5) is 27.4. The molecule has 0 unspecified atom stereocenters. The number of ether oxygens (including phenoxy) is 1. The fraction of sp³-hybridized carbons (Fsp3) is 0.111. The Kier molecular flexibility index (Phi) is 4.94. The molecule has 0 spiro atoms. The van der Waals surface area contributed by atoms with Crippen molar-refractivity contribution in [2.75, 3.05) is 7.11 Å². The summed E-state index contributed by atoms with van der Waals surface area (Å²) in [6.45, 7) is 4.22. The highest BCUT2D eigenvalue weighted by molar-refractivity contribution is 7.16.